The van der Waals surface area contributed by atoms with Crippen molar-refractivity contribution in [2.45, 2.75) is 44.4 Å². The number of halogens is 2. The molecule has 1 amide bonds. The van der Waals surface area contributed by atoms with Crippen molar-refractivity contribution >= 4 is 5.91 Å². The number of hydrogen-bond donors (Lipinski definition) is 0. The normalized spacial score (nSPS) is 17.2. The molecule has 1 aliphatic heterocycles. The van der Waals surface area contributed by atoms with E-state index in [1.807, 2.05) is 19.2 Å². The Hall–Kier alpha value is -3.16. The number of piperidine rings is 1. The maximum Gasteiger partial charge on any atom is 0.253 e. The van der Waals surface area contributed by atoms with Gasteiger partial charge in [-0.05, 0) is 50.8 Å². The van der Waals surface area contributed by atoms with Gasteiger partial charge < -0.3 is 9.42 Å². The van der Waals surface area contributed by atoms with Crippen LogP contribution in [0.3, 0.4) is 0 Å². The van der Waals surface area contributed by atoms with E-state index in [-0.39, 0.29) is 17.4 Å². The highest BCUT2D eigenvalue weighted by atomic mass is 19.2. The van der Waals surface area contributed by atoms with E-state index in [0.717, 1.165) is 60.6 Å². The molecule has 2 fully saturated rings. The van der Waals surface area contributed by atoms with Gasteiger partial charge >= 0.3 is 0 Å². The first-order valence-electron chi connectivity index (χ1n) is 10.5. The molecular weight excluding hydrogens is 402 g/mol. The largest absolute Gasteiger partial charge is 0.356 e. The van der Waals surface area contributed by atoms with Gasteiger partial charge in [-0.3, -0.25) is 4.79 Å². The second-order valence-electron chi connectivity index (χ2n) is 8.33. The zero-order chi connectivity index (χ0) is 21.5. The molecule has 3 aromatic rings. The van der Waals surface area contributed by atoms with Crippen LogP contribution < -0.4 is 0 Å². The Kier molecular flexibility index (Phi) is 5.00. The van der Waals surface area contributed by atoms with Crippen LogP contribution in [-0.4, -0.2) is 39.0 Å². The fourth-order valence-corrected chi connectivity index (χ4v) is 4.11. The van der Waals surface area contributed by atoms with Gasteiger partial charge in [0.1, 0.15) is 5.82 Å². The third kappa shape index (κ3) is 3.94. The van der Waals surface area contributed by atoms with Gasteiger partial charge in [-0.1, -0.05) is 5.16 Å². The van der Waals surface area contributed by atoms with Crippen molar-refractivity contribution in [3.8, 4) is 11.3 Å². The van der Waals surface area contributed by atoms with Crippen LogP contribution in [0.1, 0.15) is 65.1 Å². The van der Waals surface area contributed by atoms with Crippen molar-refractivity contribution in [2.75, 3.05) is 13.1 Å². The summed E-state index contributed by atoms with van der Waals surface area (Å²) in [6.45, 7) is 2.90. The molecule has 0 atom stereocenters. The molecule has 5 rings (SSSR count). The average Bonchev–Trinajstić information content (AvgIpc) is 3.55. The molecule has 2 aromatic heterocycles. The summed E-state index contributed by atoms with van der Waals surface area (Å²) in [4.78, 5) is 23.9. The van der Waals surface area contributed by atoms with E-state index in [4.69, 9.17) is 9.51 Å². The van der Waals surface area contributed by atoms with Crippen LogP contribution in [0.4, 0.5) is 8.78 Å². The molecule has 0 N–H and O–H groups in total. The second kappa shape index (κ2) is 7.83. The molecule has 1 saturated carbocycles. The molecule has 3 heterocycles. The van der Waals surface area contributed by atoms with Crippen molar-refractivity contribution < 1.29 is 18.1 Å². The van der Waals surface area contributed by atoms with E-state index in [1.54, 1.807) is 4.90 Å². The van der Waals surface area contributed by atoms with Crippen LogP contribution in [0.15, 0.2) is 35.0 Å². The van der Waals surface area contributed by atoms with Crippen molar-refractivity contribution in [3.63, 3.8) is 0 Å². The van der Waals surface area contributed by atoms with Crippen molar-refractivity contribution in [1.82, 2.24) is 20.0 Å². The highest BCUT2D eigenvalue weighted by Crippen LogP contribution is 2.41. The quantitative estimate of drug-likeness (QED) is 0.611. The summed E-state index contributed by atoms with van der Waals surface area (Å²) in [6, 6.07) is 5.14. The number of hydrogen-bond acceptors (Lipinski definition) is 5. The molecule has 0 spiro atoms. The van der Waals surface area contributed by atoms with Crippen LogP contribution >= 0.6 is 0 Å². The summed E-state index contributed by atoms with van der Waals surface area (Å²) in [6.07, 6.45) is 5.49. The minimum atomic E-state index is -1.01. The van der Waals surface area contributed by atoms with E-state index in [1.165, 1.54) is 6.07 Å². The molecule has 0 unspecified atom stereocenters. The fourth-order valence-electron chi connectivity index (χ4n) is 4.11. The highest BCUT2D eigenvalue weighted by molar-refractivity contribution is 5.94. The summed E-state index contributed by atoms with van der Waals surface area (Å²) in [5.74, 6) is -0.161. The Bertz CT molecular complexity index is 1130. The number of aryl methyl sites for hydroxylation is 1. The molecule has 1 saturated heterocycles. The summed E-state index contributed by atoms with van der Waals surface area (Å²) >= 11 is 0. The number of aromatic nitrogens is 3. The molecule has 6 nitrogen and oxygen atoms in total. The predicted octanol–water partition coefficient (Wildman–Crippen LogP) is 4.62. The monoisotopic (exact) mass is 424 g/mol. The first-order chi connectivity index (χ1) is 15.0. The smallest absolute Gasteiger partial charge is 0.253 e. The minimum absolute atomic E-state index is 0.148. The Labute approximate surface area is 178 Å². The number of carbonyl (C=O) groups is 1. The zero-order valence-electron chi connectivity index (χ0n) is 17.1. The van der Waals surface area contributed by atoms with Crippen molar-refractivity contribution in [3.05, 3.63) is 64.9 Å². The van der Waals surface area contributed by atoms with Gasteiger partial charge in [0.2, 0.25) is 0 Å². The van der Waals surface area contributed by atoms with E-state index in [9.17, 15) is 13.6 Å². The maximum absolute atomic E-state index is 13.5. The van der Waals surface area contributed by atoms with E-state index >= 15 is 0 Å². The Morgan fingerprint density at radius 2 is 1.84 bits per heavy atom. The first-order valence-corrected chi connectivity index (χ1v) is 10.5. The molecule has 160 valence electrons. The van der Waals surface area contributed by atoms with Gasteiger partial charge in [-0.25, -0.2) is 18.7 Å². The average molecular weight is 424 g/mol. The summed E-state index contributed by atoms with van der Waals surface area (Å²) in [5.41, 5.74) is 2.73. The molecule has 31 heavy (non-hydrogen) atoms. The van der Waals surface area contributed by atoms with Crippen molar-refractivity contribution in [2.24, 2.45) is 0 Å². The second-order valence-corrected chi connectivity index (χ2v) is 8.33. The molecule has 1 aromatic carbocycles. The van der Waals surface area contributed by atoms with Gasteiger partial charge in [-0.15, -0.1) is 0 Å². The number of benzene rings is 1. The lowest BCUT2D eigenvalue weighted by Crippen LogP contribution is -2.38. The van der Waals surface area contributed by atoms with Gasteiger partial charge in [0.25, 0.3) is 5.91 Å². The number of carbonyl (C=O) groups excluding carboxylic acids is 1. The number of likely N-dealkylation sites (tertiary alicyclic amines) is 1. The van der Waals surface area contributed by atoms with Crippen LogP contribution in [0.2, 0.25) is 0 Å². The van der Waals surface area contributed by atoms with Gasteiger partial charge in [0.05, 0.1) is 17.0 Å². The maximum atomic E-state index is 13.5. The Morgan fingerprint density at radius 1 is 1.06 bits per heavy atom. The van der Waals surface area contributed by atoms with Crippen LogP contribution in [0.25, 0.3) is 11.3 Å². The molecule has 0 radical (unpaired) electrons. The SMILES string of the molecule is Cc1cc(-c2cnc(C3CC3)nc2C2CCN(C(=O)c3ccc(F)c(F)c3)CC2)on1. The fraction of sp³-hybridized carbons (Fsp3) is 0.391. The van der Waals surface area contributed by atoms with Crippen LogP contribution in [-0.2, 0) is 0 Å². The summed E-state index contributed by atoms with van der Waals surface area (Å²) < 4.78 is 32.2. The third-order valence-corrected chi connectivity index (χ3v) is 6.01. The van der Waals surface area contributed by atoms with Crippen LogP contribution in [0, 0.1) is 18.6 Å². The number of amides is 1. The van der Waals surface area contributed by atoms with Gasteiger partial charge in [0.15, 0.2) is 17.4 Å². The lowest BCUT2D eigenvalue weighted by Gasteiger charge is -2.32. The van der Waals surface area contributed by atoms with Crippen LogP contribution in [0.5, 0.6) is 0 Å². The van der Waals surface area contributed by atoms with E-state index in [2.05, 4.69) is 10.1 Å². The summed E-state index contributed by atoms with van der Waals surface area (Å²) in [7, 11) is 0. The lowest BCUT2D eigenvalue weighted by molar-refractivity contribution is 0.0711. The molecular formula is C23H22F2N4O2. The highest BCUT2D eigenvalue weighted by Gasteiger charge is 2.32. The van der Waals surface area contributed by atoms with Gasteiger partial charge in [0, 0.05) is 42.8 Å². The van der Waals surface area contributed by atoms with Crippen molar-refractivity contribution in [1.29, 1.82) is 0 Å². The molecule has 2 aliphatic rings. The molecule has 0 bridgehead atoms. The topological polar surface area (TPSA) is 72.1 Å². The Balaban J connectivity index is 1.36. The zero-order valence-corrected chi connectivity index (χ0v) is 17.1. The van der Waals surface area contributed by atoms with Gasteiger partial charge in [-0.2, -0.15) is 0 Å². The number of rotatable bonds is 4. The lowest BCUT2D eigenvalue weighted by atomic mass is 9.89. The number of nitrogens with zero attached hydrogens (tertiary/aromatic N) is 4. The van der Waals surface area contributed by atoms with E-state index < -0.39 is 11.6 Å². The predicted molar refractivity (Wildman–Crippen MR) is 108 cm³/mol. The molecule has 8 heteroatoms. The standard InChI is InChI=1S/C23H22F2N4O2/c1-13-10-20(31-28-13)17-12-26-22(15-2-3-15)27-21(17)14-6-8-29(9-7-14)23(30)16-4-5-18(24)19(25)11-16/h4-5,10-12,14-15H,2-3,6-9H2,1H3. The molecule has 1 aliphatic carbocycles. The first kappa shape index (κ1) is 19.8. The Morgan fingerprint density at radius 3 is 2.48 bits per heavy atom. The minimum Gasteiger partial charge on any atom is -0.356 e. The summed E-state index contributed by atoms with van der Waals surface area (Å²) in [5, 5.41) is 3.99. The van der Waals surface area contributed by atoms with E-state index in [0.29, 0.717) is 24.8 Å². The third-order valence-electron chi connectivity index (χ3n) is 6.01.